The number of halogens is 1. The second kappa shape index (κ2) is 8.99. The Morgan fingerprint density at radius 2 is 2.08 bits per heavy atom. The number of ether oxygens (including phenoxy) is 2. The third-order valence-electron chi connectivity index (χ3n) is 3.30. The molecule has 0 amide bonds. The van der Waals surface area contributed by atoms with Gasteiger partial charge in [-0.25, -0.2) is 0 Å². The molecule has 0 unspecified atom stereocenters. The van der Waals surface area contributed by atoms with E-state index in [9.17, 15) is 0 Å². The predicted molar refractivity (Wildman–Crippen MR) is 96.7 cm³/mol. The first-order valence-corrected chi connectivity index (χ1v) is 8.01. The van der Waals surface area contributed by atoms with Crippen LogP contribution in [0.25, 0.3) is 0 Å². The predicted octanol–water partition coefficient (Wildman–Crippen LogP) is 4.85. The Morgan fingerprint density at radius 3 is 2.75 bits per heavy atom. The fraction of sp³-hybridized carbons (Fsp3) is 0.211. The first kappa shape index (κ1) is 17.9. The standard InChI is InChI=1S/C19H20ClNO3/c1-3-6-16-9-15(12-21-22)11-18(23-4-2)19(16)24-13-14-7-5-8-17(20)10-14/h3,5,7-12,22H,1,4,6,13H2,2H3/b21-12-. The molecule has 0 aliphatic rings. The topological polar surface area (TPSA) is 51.1 Å². The van der Waals surface area contributed by atoms with Gasteiger partial charge in [0.05, 0.1) is 12.8 Å². The van der Waals surface area contributed by atoms with Crippen molar-refractivity contribution < 1.29 is 14.7 Å². The van der Waals surface area contributed by atoms with Crippen molar-refractivity contribution in [3.8, 4) is 11.5 Å². The molecule has 0 radical (unpaired) electrons. The van der Waals surface area contributed by atoms with Gasteiger partial charge >= 0.3 is 0 Å². The molecule has 0 aliphatic carbocycles. The van der Waals surface area contributed by atoms with Crippen LogP contribution in [0.5, 0.6) is 11.5 Å². The smallest absolute Gasteiger partial charge is 0.165 e. The van der Waals surface area contributed by atoms with E-state index in [0.717, 1.165) is 16.7 Å². The second-order valence-electron chi connectivity index (χ2n) is 5.10. The molecule has 0 atom stereocenters. The van der Waals surface area contributed by atoms with E-state index in [-0.39, 0.29) is 0 Å². The quantitative estimate of drug-likeness (QED) is 0.322. The molecule has 0 aliphatic heterocycles. The molecule has 24 heavy (non-hydrogen) atoms. The molecule has 5 heteroatoms. The van der Waals surface area contributed by atoms with E-state index in [1.807, 2.05) is 37.3 Å². The number of benzene rings is 2. The van der Waals surface area contributed by atoms with Gasteiger partial charge in [-0.05, 0) is 43.2 Å². The van der Waals surface area contributed by atoms with Crippen molar-refractivity contribution in [2.24, 2.45) is 5.16 Å². The average Bonchev–Trinajstić information content (AvgIpc) is 2.55. The molecule has 126 valence electrons. The van der Waals surface area contributed by atoms with Crippen LogP contribution in [0.15, 0.2) is 54.2 Å². The van der Waals surface area contributed by atoms with Crippen LogP contribution in [0, 0.1) is 0 Å². The van der Waals surface area contributed by atoms with E-state index in [1.165, 1.54) is 6.21 Å². The molecule has 0 heterocycles. The monoisotopic (exact) mass is 345 g/mol. The molecule has 2 rings (SSSR count). The Morgan fingerprint density at radius 1 is 1.25 bits per heavy atom. The summed E-state index contributed by atoms with van der Waals surface area (Å²) in [4.78, 5) is 0. The lowest BCUT2D eigenvalue weighted by atomic mass is 10.1. The molecular weight excluding hydrogens is 326 g/mol. The number of rotatable bonds is 8. The van der Waals surface area contributed by atoms with Crippen molar-refractivity contribution in [2.75, 3.05) is 6.61 Å². The number of oxime groups is 1. The van der Waals surface area contributed by atoms with Crippen LogP contribution in [0.2, 0.25) is 5.02 Å². The summed E-state index contributed by atoms with van der Waals surface area (Å²) < 4.78 is 11.7. The lowest BCUT2D eigenvalue weighted by Crippen LogP contribution is -2.04. The summed E-state index contributed by atoms with van der Waals surface area (Å²) in [5.74, 6) is 1.26. The summed E-state index contributed by atoms with van der Waals surface area (Å²) in [6.07, 6.45) is 3.76. The first-order valence-electron chi connectivity index (χ1n) is 7.63. The number of hydrogen-bond donors (Lipinski definition) is 1. The van der Waals surface area contributed by atoms with Gasteiger partial charge in [-0.1, -0.05) is 35.0 Å². The lowest BCUT2D eigenvalue weighted by Gasteiger charge is -2.16. The minimum Gasteiger partial charge on any atom is -0.490 e. The van der Waals surface area contributed by atoms with Crippen molar-refractivity contribution >= 4 is 17.8 Å². The average molecular weight is 346 g/mol. The molecule has 4 nitrogen and oxygen atoms in total. The van der Waals surface area contributed by atoms with Crippen molar-refractivity contribution in [3.05, 3.63) is 70.8 Å². The van der Waals surface area contributed by atoms with Crippen molar-refractivity contribution in [1.29, 1.82) is 0 Å². The molecule has 0 bridgehead atoms. The Labute approximate surface area is 147 Å². The van der Waals surface area contributed by atoms with Crippen LogP contribution in [0.4, 0.5) is 0 Å². The molecule has 1 N–H and O–H groups in total. The molecule has 0 saturated heterocycles. The minimum atomic E-state index is 0.373. The van der Waals surface area contributed by atoms with Gasteiger partial charge in [0, 0.05) is 16.1 Å². The van der Waals surface area contributed by atoms with Crippen molar-refractivity contribution in [1.82, 2.24) is 0 Å². The van der Waals surface area contributed by atoms with Crippen molar-refractivity contribution in [3.63, 3.8) is 0 Å². The fourth-order valence-corrected chi connectivity index (χ4v) is 2.55. The van der Waals surface area contributed by atoms with Gasteiger partial charge in [0.25, 0.3) is 0 Å². The van der Waals surface area contributed by atoms with Crippen molar-refractivity contribution in [2.45, 2.75) is 20.0 Å². The van der Waals surface area contributed by atoms with Gasteiger partial charge < -0.3 is 14.7 Å². The molecular formula is C19H20ClNO3. The van der Waals surface area contributed by atoms with Gasteiger partial charge in [0.15, 0.2) is 11.5 Å². The summed E-state index contributed by atoms with van der Waals surface area (Å²) in [6, 6.07) is 11.2. The maximum atomic E-state index is 8.77. The zero-order valence-corrected chi connectivity index (χ0v) is 14.3. The van der Waals surface area contributed by atoms with E-state index in [4.69, 9.17) is 26.3 Å². The Bertz CT molecular complexity index is 729. The summed E-state index contributed by atoms with van der Waals surface area (Å²) in [7, 11) is 0. The third-order valence-corrected chi connectivity index (χ3v) is 3.53. The van der Waals surface area contributed by atoms with Crippen LogP contribution in [0.1, 0.15) is 23.6 Å². The van der Waals surface area contributed by atoms with E-state index in [0.29, 0.717) is 36.2 Å². The maximum absolute atomic E-state index is 8.77. The highest BCUT2D eigenvalue weighted by Gasteiger charge is 2.13. The highest BCUT2D eigenvalue weighted by Crippen LogP contribution is 2.34. The van der Waals surface area contributed by atoms with Crippen LogP contribution in [-0.2, 0) is 13.0 Å². The summed E-state index contributed by atoms with van der Waals surface area (Å²) in [5, 5.41) is 12.5. The zero-order valence-electron chi connectivity index (χ0n) is 13.5. The first-order chi connectivity index (χ1) is 11.7. The SMILES string of the molecule is C=CCc1cc(/C=N\O)cc(OCC)c1OCc1cccc(Cl)c1. The summed E-state index contributed by atoms with van der Waals surface area (Å²) >= 11 is 6.01. The molecule has 0 saturated carbocycles. The van der Waals surface area contributed by atoms with Crippen LogP contribution in [0.3, 0.4) is 0 Å². The van der Waals surface area contributed by atoms with Crippen LogP contribution in [-0.4, -0.2) is 18.0 Å². The van der Waals surface area contributed by atoms with E-state index < -0.39 is 0 Å². The zero-order chi connectivity index (χ0) is 17.4. The second-order valence-corrected chi connectivity index (χ2v) is 5.53. The third kappa shape index (κ3) is 4.77. The molecule has 2 aromatic rings. The number of allylic oxidation sites excluding steroid dienone is 1. The highest BCUT2D eigenvalue weighted by atomic mass is 35.5. The number of hydrogen-bond acceptors (Lipinski definition) is 4. The van der Waals surface area contributed by atoms with E-state index in [1.54, 1.807) is 12.1 Å². The van der Waals surface area contributed by atoms with E-state index >= 15 is 0 Å². The highest BCUT2D eigenvalue weighted by molar-refractivity contribution is 6.30. The molecule has 0 spiro atoms. The summed E-state index contributed by atoms with van der Waals surface area (Å²) in [6.45, 7) is 6.56. The normalized spacial score (nSPS) is 10.8. The Hall–Kier alpha value is -2.46. The number of nitrogens with zero attached hydrogens (tertiary/aromatic N) is 1. The Kier molecular flexibility index (Phi) is 6.70. The summed E-state index contributed by atoms with van der Waals surface area (Å²) in [5.41, 5.74) is 2.61. The molecule has 2 aromatic carbocycles. The maximum Gasteiger partial charge on any atom is 0.165 e. The Balaban J connectivity index is 2.35. The van der Waals surface area contributed by atoms with E-state index in [2.05, 4.69) is 11.7 Å². The van der Waals surface area contributed by atoms with Crippen LogP contribution >= 0.6 is 11.6 Å². The molecule has 0 fully saturated rings. The van der Waals surface area contributed by atoms with Gasteiger partial charge in [0.2, 0.25) is 0 Å². The van der Waals surface area contributed by atoms with Gasteiger partial charge in [-0.3, -0.25) is 0 Å². The fourth-order valence-electron chi connectivity index (χ4n) is 2.34. The minimum absolute atomic E-state index is 0.373. The largest absolute Gasteiger partial charge is 0.490 e. The molecule has 0 aromatic heterocycles. The van der Waals surface area contributed by atoms with Gasteiger partial charge in [-0.2, -0.15) is 0 Å². The van der Waals surface area contributed by atoms with Gasteiger partial charge in [-0.15, -0.1) is 6.58 Å². The lowest BCUT2D eigenvalue weighted by molar-refractivity contribution is 0.267. The van der Waals surface area contributed by atoms with Crippen LogP contribution < -0.4 is 9.47 Å². The van der Waals surface area contributed by atoms with Gasteiger partial charge in [0.1, 0.15) is 6.61 Å².